The molecular weight excluding hydrogens is 245 g/mol. The third-order valence-electron chi connectivity index (χ3n) is 4.05. The van der Waals surface area contributed by atoms with Crippen LogP contribution in [0.3, 0.4) is 0 Å². The number of hydrogen-bond donors (Lipinski definition) is 1. The number of halogens is 1. The summed E-state index contributed by atoms with van der Waals surface area (Å²) in [6, 6.07) is 8.78. The largest absolute Gasteiger partial charge is 0.467 e. The van der Waals surface area contributed by atoms with E-state index in [1.54, 1.807) is 18.4 Å². The van der Waals surface area contributed by atoms with Crippen LogP contribution in [0.4, 0.5) is 10.1 Å². The predicted octanol–water partition coefficient (Wildman–Crippen LogP) is 3.66. The van der Waals surface area contributed by atoms with Crippen LogP contribution in [-0.2, 0) is 4.74 Å². The molecule has 1 aromatic heterocycles. The molecule has 98 valence electrons. The monoisotopic (exact) mass is 259 g/mol. The maximum Gasteiger partial charge on any atom is 0.126 e. The topological polar surface area (TPSA) is 34.4 Å². The fourth-order valence-electron chi connectivity index (χ4n) is 3.19. The number of anilines is 1. The van der Waals surface area contributed by atoms with Crippen LogP contribution in [0, 0.1) is 11.7 Å². The molecule has 2 aliphatic rings. The van der Waals surface area contributed by atoms with Gasteiger partial charge in [-0.2, -0.15) is 0 Å². The number of fused-ring (bicyclic) bond motifs is 3. The van der Waals surface area contributed by atoms with E-state index in [-0.39, 0.29) is 18.0 Å². The molecule has 0 radical (unpaired) electrons. The number of hydrogen-bond acceptors (Lipinski definition) is 3. The SMILES string of the molecule is Fc1ccc2c(c1)[C@H]1OCC[C@@H]1[C@@H](c1ccco1)N2. The Bertz CT molecular complexity index is 596. The molecule has 3 atom stereocenters. The third kappa shape index (κ3) is 1.67. The second-order valence-corrected chi connectivity index (χ2v) is 5.11. The molecule has 0 unspecified atom stereocenters. The first-order chi connectivity index (χ1) is 9.33. The van der Waals surface area contributed by atoms with Crippen LogP contribution in [0.15, 0.2) is 41.0 Å². The molecule has 0 aliphatic carbocycles. The van der Waals surface area contributed by atoms with Gasteiger partial charge in [0.25, 0.3) is 0 Å². The van der Waals surface area contributed by atoms with E-state index in [9.17, 15) is 4.39 Å². The Morgan fingerprint density at radius 3 is 3.05 bits per heavy atom. The van der Waals surface area contributed by atoms with Crippen molar-refractivity contribution in [2.75, 3.05) is 11.9 Å². The van der Waals surface area contributed by atoms with Crippen molar-refractivity contribution in [3.8, 4) is 0 Å². The molecule has 4 rings (SSSR count). The van der Waals surface area contributed by atoms with Crippen LogP contribution < -0.4 is 5.32 Å². The van der Waals surface area contributed by atoms with Crippen molar-refractivity contribution in [1.29, 1.82) is 0 Å². The van der Waals surface area contributed by atoms with E-state index in [0.29, 0.717) is 12.5 Å². The fourth-order valence-corrected chi connectivity index (χ4v) is 3.19. The molecule has 3 nitrogen and oxygen atoms in total. The summed E-state index contributed by atoms with van der Waals surface area (Å²) in [5.41, 5.74) is 1.86. The lowest BCUT2D eigenvalue weighted by Gasteiger charge is -2.35. The average molecular weight is 259 g/mol. The van der Waals surface area contributed by atoms with Crippen LogP contribution in [0.1, 0.15) is 29.9 Å². The molecule has 0 amide bonds. The first-order valence-corrected chi connectivity index (χ1v) is 6.54. The molecule has 1 N–H and O–H groups in total. The number of benzene rings is 1. The summed E-state index contributed by atoms with van der Waals surface area (Å²) >= 11 is 0. The van der Waals surface area contributed by atoms with E-state index >= 15 is 0 Å². The van der Waals surface area contributed by atoms with E-state index in [4.69, 9.17) is 9.15 Å². The molecular formula is C15H14FNO2. The van der Waals surface area contributed by atoms with Gasteiger partial charge in [-0.3, -0.25) is 0 Å². The van der Waals surface area contributed by atoms with Crippen LogP contribution >= 0.6 is 0 Å². The van der Waals surface area contributed by atoms with Crippen molar-refractivity contribution in [2.24, 2.45) is 5.92 Å². The van der Waals surface area contributed by atoms with Gasteiger partial charge in [-0.05, 0) is 36.8 Å². The molecule has 19 heavy (non-hydrogen) atoms. The average Bonchev–Trinajstić information content (AvgIpc) is 3.09. The molecule has 0 bridgehead atoms. The van der Waals surface area contributed by atoms with Crippen LogP contribution in [0.25, 0.3) is 0 Å². The van der Waals surface area contributed by atoms with Gasteiger partial charge in [-0.15, -0.1) is 0 Å². The highest BCUT2D eigenvalue weighted by atomic mass is 19.1. The van der Waals surface area contributed by atoms with Crippen LogP contribution in [0.2, 0.25) is 0 Å². The maximum atomic E-state index is 13.4. The van der Waals surface area contributed by atoms with Gasteiger partial charge in [0, 0.05) is 23.8 Å². The lowest BCUT2D eigenvalue weighted by Crippen LogP contribution is -2.29. The highest BCUT2D eigenvalue weighted by molar-refractivity contribution is 5.56. The van der Waals surface area contributed by atoms with Crippen molar-refractivity contribution in [2.45, 2.75) is 18.6 Å². The molecule has 3 heterocycles. The summed E-state index contributed by atoms with van der Waals surface area (Å²) < 4.78 is 24.8. The first kappa shape index (κ1) is 11.1. The van der Waals surface area contributed by atoms with Crippen molar-refractivity contribution in [1.82, 2.24) is 0 Å². The molecule has 1 aromatic carbocycles. The Morgan fingerprint density at radius 1 is 1.26 bits per heavy atom. The molecule has 0 saturated carbocycles. The van der Waals surface area contributed by atoms with E-state index in [2.05, 4.69) is 5.32 Å². The Balaban J connectivity index is 1.80. The Labute approximate surface area is 110 Å². The van der Waals surface area contributed by atoms with Gasteiger partial charge in [0.2, 0.25) is 0 Å². The third-order valence-corrected chi connectivity index (χ3v) is 4.05. The van der Waals surface area contributed by atoms with E-state index in [1.807, 2.05) is 12.1 Å². The summed E-state index contributed by atoms with van der Waals surface area (Å²) in [6.07, 6.45) is 2.60. The Hall–Kier alpha value is -1.81. The van der Waals surface area contributed by atoms with Gasteiger partial charge < -0.3 is 14.5 Å². The summed E-state index contributed by atoms with van der Waals surface area (Å²) in [4.78, 5) is 0. The first-order valence-electron chi connectivity index (χ1n) is 6.54. The van der Waals surface area contributed by atoms with E-state index in [0.717, 1.165) is 23.4 Å². The van der Waals surface area contributed by atoms with Gasteiger partial charge in [0.15, 0.2) is 0 Å². The van der Waals surface area contributed by atoms with Gasteiger partial charge in [0.1, 0.15) is 11.6 Å². The molecule has 1 saturated heterocycles. The fraction of sp³-hybridized carbons (Fsp3) is 0.333. The molecule has 2 aliphatic heterocycles. The molecule has 2 aromatic rings. The zero-order valence-corrected chi connectivity index (χ0v) is 10.3. The molecule has 4 heteroatoms. The number of ether oxygens (including phenoxy) is 1. The maximum absolute atomic E-state index is 13.4. The van der Waals surface area contributed by atoms with Crippen LogP contribution in [0.5, 0.6) is 0 Å². The highest BCUT2D eigenvalue weighted by Gasteiger charge is 2.42. The second-order valence-electron chi connectivity index (χ2n) is 5.11. The van der Waals surface area contributed by atoms with Crippen molar-refractivity contribution in [3.63, 3.8) is 0 Å². The van der Waals surface area contributed by atoms with Gasteiger partial charge >= 0.3 is 0 Å². The lowest BCUT2D eigenvalue weighted by atomic mass is 9.83. The van der Waals surface area contributed by atoms with Crippen molar-refractivity contribution in [3.05, 3.63) is 53.7 Å². The van der Waals surface area contributed by atoms with Gasteiger partial charge in [-0.1, -0.05) is 0 Å². The number of rotatable bonds is 1. The summed E-state index contributed by atoms with van der Waals surface area (Å²) in [5, 5.41) is 3.46. The second kappa shape index (κ2) is 4.10. The Kier molecular flexibility index (Phi) is 2.38. The highest BCUT2D eigenvalue weighted by Crippen LogP contribution is 2.49. The zero-order valence-electron chi connectivity index (χ0n) is 10.3. The van der Waals surface area contributed by atoms with Gasteiger partial charge in [0.05, 0.1) is 18.4 Å². The minimum atomic E-state index is -0.216. The number of furan rings is 1. The zero-order chi connectivity index (χ0) is 12.8. The van der Waals surface area contributed by atoms with Crippen molar-refractivity contribution >= 4 is 5.69 Å². The molecule has 1 fully saturated rings. The lowest BCUT2D eigenvalue weighted by molar-refractivity contribution is 0.0805. The van der Waals surface area contributed by atoms with Crippen molar-refractivity contribution < 1.29 is 13.5 Å². The quantitative estimate of drug-likeness (QED) is 0.848. The standard InChI is InChI=1S/C15H14FNO2/c16-9-3-4-12-11(8-9)15-10(5-7-19-15)14(17-12)13-2-1-6-18-13/h1-4,6,8,10,14-15,17H,5,7H2/t10-,14+,15+/m1/s1. The summed E-state index contributed by atoms with van der Waals surface area (Å²) in [7, 11) is 0. The Morgan fingerprint density at radius 2 is 2.21 bits per heavy atom. The predicted molar refractivity (Wildman–Crippen MR) is 68.3 cm³/mol. The van der Waals surface area contributed by atoms with Crippen LogP contribution in [-0.4, -0.2) is 6.61 Å². The summed E-state index contributed by atoms with van der Waals surface area (Å²) in [6.45, 7) is 0.712. The minimum Gasteiger partial charge on any atom is -0.467 e. The number of nitrogens with one attached hydrogen (secondary N) is 1. The van der Waals surface area contributed by atoms with E-state index < -0.39 is 0 Å². The normalized spacial score (nSPS) is 28.6. The minimum absolute atomic E-state index is 0.0398. The molecule has 0 spiro atoms. The summed E-state index contributed by atoms with van der Waals surface area (Å²) in [5.74, 6) is 0.988. The van der Waals surface area contributed by atoms with Gasteiger partial charge in [-0.25, -0.2) is 4.39 Å². The van der Waals surface area contributed by atoms with E-state index in [1.165, 1.54) is 6.07 Å². The smallest absolute Gasteiger partial charge is 0.126 e.